The maximum atomic E-state index is 13.4. The second-order valence-electron chi connectivity index (χ2n) is 9.34. The average molecular weight is 516 g/mol. The van der Waals surface area contributed by atoms with E-state index in [0.29, 0.717) is 31.5 Å². The van der Waals surface area contributed by atoms with Gasteiger partial charge in [-0.05, 0) is 62.8 Å². The van der Waals surface area contributed by atoms with Crippen LogP contribution in [0, 0.1) is 6.92 Å². The summed E-state index contributed by atoms with van der Waals surface area (Å²) in [6, 6.07) is 16.6. The fourth-order valence-corrected chi connectivity index (χ4v) is 5.08. The van der Waals surface area contributed by atoms with Gasteiger partial charge in [0.1, 0.15) is 6.04 Å². The van der Waals surface area contributed by atoms with E-state index in [1.54, 1.807) is 11.0 Å². The predicted octanol–water partition coefficient (Wildman–Crippen LogP) is 4.31. The molecule has 0 aromatic heterocycles. The normalized spacial score (nSPS) is 13.0. The highest BCUT2D eigenvalue weighted by Crippen LogP contribution is 2.20. The third kappa shape index (κ3) is 8.97. The maximum Gasteiger partial charge on any atom is 0.243 e. The molecule has 0 aliphatic rings. The molecule has 0 saturated heterocycles. The Hall–Kier alpha value is -2.87. The van der Waals surface area contributed by atoms with Crippen LogP contribution in [-0.4, -0.2) is 56.6 Å². The molecule has 0 bridgehead atoms. The molecule has 36 heavy (non-hydrogen) atoms. The second-order valence-corrected chi connectivity index (χ2v) is 11.2. The molecule has 0 aliphatic carbocycles. The van der Waals surface area contributed by atoms with Crippen molar-refractivity contribution in [2.45, 2.75) is 71.9 Å². The van der Waals surface area contributed by atoms with Crippen LogP contribution in [-0.2, 0) is 26.0 Å². The molecule has 2 atom stereocenters. The number of nitrogens with one attached hydrogen (secondary N) is 1. The molecule has 2 aromatic rings. The summed E-state index contributed by atoms with van der Waals surface area (Å²) >= 11 is 0. The SMILES string of the molecule is CC[C@H](C)NC(=O)[C@H](CC)N(CCc1ccccc1)C(=O)CCCN(c1cccc(C)c1)S(C)(=O)=O. The van der Waals surface area contributed by atoms with Crippen LogP contribution in [0.4, 0.5) is 5.69 Å². The Morgan fingerprint density at radius 1 is 0.972 bits per heavy atom. The molecule has 0 unspecified atom stereocenters. The quantitative estimate of drug-likeness (QED) is 0.406. The summed E-state index contributed by atoms with van der Waals surface area (Å²) in [5.74, 6) is -0.291. The smallest absolute Gasteiger partial charge is 0.243 e. The Kier molecular flexibility index (Phi) is 11.4. The van der Waals surface area contributed by atoms with Crippen molar-refractivity contribution in [2.75, 3.05) is 23.7 Å². The molecule has 198 valence electrons. The lowest BCUT2D eigenvalue weighted by atomic mass is 10.1. The van der Waals surface area contributed by atoms with Gasteiger partial charge in [-0.3, -0.25) is 13.9 Å². The molecule has 8 heteroatoms. The summed E-state index contributed by atoms with van der Waals surface area (Å²) in [6.45, 7) is 8.39. The van der Waals surface area contributed by atoms with Crippen molar-refractivity contribution >= 4 is 27.5 Å². The lowest BCUT2D eigenvalue weighted by Crippen LogP contribution is -2.51. The van der Waals surface area contributed by atoms with Crippen molar-refractivity contribution in [3.05, 3.63) is 65.7 Å². The minimum absolute atomic E-state index is 0.0234. The summed E-state index contributed by atoms with van der Waals surface area (Å²) in [6.07, 6.45) is 3.63. The van der Waals surface area contributed by atoms with Gasteiger partial charge in [0.25, 0.3) is 0 Å². The Labute approximate surface area is 216 Å². The molecule has 2 aromatic carbocycles. The third-order valence-electron chi connectivity index (χ3n) is 6.31. The van der Waals surface area contributed by atoms with Gasteiger partial charge in [0.15, 0.2) is 0 Å². The van der Waals surface area contributed by atoms with Gasteiger partial charge in [0.2, 0.25) is 21.8 Å². The van der Waals surface area contributed by atoms with Gasteiger partial charge in [-0.2, -0.15) is 0 Å². The summed E-state index contributed by atoms with van der Waals surface area (Å²) in [5, 5.41) is 3.01. The van der Waals surface area contributed by atoms with Crippen LogP contribution < -0.4 is 9.62 Å². The summed E-state index contributed by atoms with van der Waals surface area (Å²) < 4.78 is 26.3. The fourth-order valence-electron chi connectivity index (χ4n) is 4.12. The minimum atomic E-state index is -3.51. The molecule has 0 spiro atoms. The lowest BCUT2D eigenvalue weighted by Gasteiger charge is -2.32. The number of hydrogen-bond donors (Lipinski definition) is 1. The molecule has 7 nitrogen and oxygen atoms in total. The fraction of sp³-hybridized carbons (Fsp3) is 0.500. The first kappa shape index (κ1) is 29.4. The monoisotopic (exact) mass is 515 g/mol. The number of carbonyl (C=O) groups excluding carboxylic acids is 2. The van der Waals surface area contributed by atoms with Crippen LogP contribution in [0.15, 0.2) is 54.6 Å². The highest BCUT2D eigenvalue weighted by atomic mass is 32.2. The number of amides is 2. The van der Waals surface area contributed by atoms with E-state index in [4.69, 9.17) is 0 Å². The number of hydrogen-bond acceptors (Lipinski definition) is 4. The zero-order valence-corrected chi connectivity index (χ0v) is 23.1. The average Bonchev–Trinajstić information content (AvgIpc) is 2.83. The van der Waals surface area contributed by atoms with Crippen molar-refractivity contribution in [3.8, 4) is 0 Å². The maximum absolute atomic E-state index is 13.4. The topological polar surface area (TPSA) is 86.8 Å². The third-order valence-corrected chi connectivity index (χ3v) is 7.51. The van der Waals surface area contributed by atoms with Crippen molar-refractivity contribution in [1.82, 2.24) is 10.2 Å². The van der Waals surface area contributed by atoms with Crippen LogP contribution in [0.5, 0.6) is 0 Å². The van der Waals surface area contributed by atoms with E-state index < -0.39 is 16.1 Å². The number of nitrogens with zero attached hydrogens (tertiary/aromatic N) is 2. The van der Waals surface area contributed by atoms with Crippen LogP contribution in [0.1, 0.15) is 57.6 Å². The number of carbonyl (C=O) groups is 2. The predicted molar refractivity (Wildman–Crippen MR) is 146 cm³/mol. The standard InChI is InChI=1S/C28H41N3O4S/c1-6-23(4)29-28(33)26(7-2)30(20-18-24-14-9-8-10-15-24)27(32)17-12-19-31(36(5,34)35)25-16-11-13-22(3)21-25/h8-11,13-16,21,23,26H,6-7,12,17-20H2,1-5H3,(H,29,33)/t23-,26-/m0/s1. The van der Waals surface area contributed by atoms with E-state index in [1.807, 2.05) is 76.2 Å². The van der Waals surface area contributed by atoms with E-state index >= 15 is 0 Å². The summed E-state index contributed by atoms with van der Waals surface area (Å²) in [4.78, 5) is 28.1. The molecular formula is C28H41N3O4S. The Morgan fingerprint density at radius 2 is 1.67 bits per heavy atom. The summed E-state index contributed by atoms with van der Waals surface area (Å²) in [5.41, 5.74) is 2.64. The van der Waals surface area contributed by atoms with Crippen molar-refractivity contribution in [3.63, 3.8) is 0 Å². The molecule has 0 fully saturated rings. The number of benzene rings is 2. The first-order chi connectivity index (χ1) is 17.1. The van der Waals surface area contributed by atoms with Gasteiger partial charge in [-0.1, -0.05) is 56.3 Å². The lowest BCUT2D eigenvalue weighted by molar-refractivity contribution is -0.141. The molecule has 0 saturated carbocycles. The molecule has 0 heterocycles. The summed E-state index contributed by atoms with van der Waals surface area (Å²) in [7, 11) is -3.51. The van der Waals surface area contributed by atoms with E-state index in [-0.39, 0.29) is 30.8 Å². The molecule has 2 amide bonds. The number of aryl methyl sites for hydroxylation is 1. The van der Waals surface area contributed by atoms with E-state index in [9.17, 15) is 18.0 Å². The second kappa shape index (κ2) is 14.0. The van der Waals surface area contributed by atoms with Crippen LogP contribution >= 0.6 is 0 Å². The zero-order chi connectivity index (χ0) is 26.7. The highest BCUT2D eigenvalue weighted by Gasteiger charge is 2.29. The highest BCUT2D eigenvalue weighted by molar-refractivity contribution is 7.92. The zero-order valence-electron chi connectivity index (χ0n) is 22.2. The molecule has 1 N–H and O–H groups in total. The molecule has 2 rings (SSSR count). The molecule has 0 aliphatic heterocycles. The van der Waals surface area contributed by atoms with E-state index in [2.05, 4.69) is 5.32 Å². The van der Waals surface area contributed by atoms with Gasteiger partial charge in [-0.15, -0.1) is 0 Å². The van der Waals surface area contributed by atoms with Crippen molar-refractivity contribution < 1.29 is 18.0 Å². The number of rotatable bonds is 14. The number of sulfonamides is 1. The van der Waals surface area contributed by atoms with Gasteiger partial charge >= 0.3 is 0 Å². The van der Waals surface area contributed by atoms with Crippen LogP contribution in [0.25, 0.3) is 0 Å². The first-order valence-electron chi connectivity index (χ1n) is 12.7. The first-order valence-corrected chi connectivity index (χ1v) is 14.6. The van der Waals surface area contributed by atoms with Gasteiger partial charge in [-0.25, -0.2) is 8.42 Å². The molecule has 0 radical (unpaired) electrons. The molecular weight excluding hydrogens is 474 g/mol. The Morgan fingerprint density at radius 3 is 2.25 bits per heavy atom. The van der Waals surface area contributed by atoms with Gasteiger partial charge in [0.05, 0.1) is 11.9 Å². The van der Waals surface area contributed by atoms with Gasteiger partial charge in [0, 0.05) is 25.6 Å². The largest absolute Gasteiger partial charge is 0.352 e. The Balaban J connectivity index is 2.16. The number of anilines is 1. The van der Waals surface area contributed by atoms with Crippen molar-refractivity contribution in [2.24, 2.45) is 0 Å². The van der Waals surface area contributed by atoms with Crippen LogP contribution in [0.3, 0.4) is 0 Å². The van der Waals surface area contributed by atoms with Crippen LogP contribution in [0.2, 0.25) is 0 Å². The minimum Gasteiger partial charge on any atom is -0.352 e. The van der Waals surface area contributed by atoms with Crippen molar-refractivity contribution in [1.29, 1.82) is 0 Å². The Bertz CT molecular complexity index is 1090. The van der Waals surface area contributed by atoms with Gasteiger partial charge < -0.3 is 10.2 Å². The van der Waals surface area contributed by atoms with E-state index in [1.165, 1.54) is 10.6 Å². The van der Waals surface area contributed by atoms with E-state index in [0.717, 1.165) is 17.5 Å².